The third-order valence-electron chi connectivity index (χ3n) is 3.94. The molecule has 3 heterocycles. The molecule has 3 aliphatic heterocycles. The molecule has 3 rings (SSSR count). The highest BCUT2D eigenvalue weighted by Crippen LogP contribution is 2.41. The Bertz CT molecular complexity index is 382. The summed E-state index contributed by atoms with van der Waals surface area (Å²) in [5.74, 6) is -1.22. The SMILES string of the molecule is CCCO[C@@H]1[C@H]2OC(C)(C)O[C@H]2O[C@@H]1C1COC(C)(C)O1. The highest BCUT2D eigenvalue weighted by atomic mass is 16.8. The molecule has 0 aromatic carbocycles. The summed E-state index contributed by atoms with van der Waals surface area (Å²) >= 11 is 0. The molecule has 0 aliphatic carbocycles. The van der Waals surface area contributed by atoms with Crippen molar-refractivity contribution in [1.29, 1.82) is 0 Å². The first-order valence-electron chi connectivity index (χ1n) is 7.76. The zero-order valence-electron chi connectivity index (χ0n) is 13.5. The van der Waals surface area contributed by atoms with E-state index in [2.05, 4.69) is 6.92 Å². The Labute approximate surface area is 126 Å². The van der Waals surface area contributed by atoms with Crippen LogP contribution < -0.4 is 0 Å². The van der Waals surface area contributed by atoms with E-state index in [1.165, 1.54) is 0 Å². The first-order valence-corrected chi connectivity index (χ1v) is 7.76. The predicted octanol–water partition coefficient (Wildman–Crippen LogP) is 1.81. The fraction of sp³-hybridized carbons (Fsp3) is 1.00. The normalized spacial score (nSPS) is 44.1. The highest BCUT2D eigenvalue weighted by Gasteiger charge is 2.58. The maximum atomic E-state index is 6.03. The van der Waals surface area contributed by atoms with Crippen LogP contribution in [-0.2, 0) is 28.4 Å². The lowest BCUT2D eigenvalue weighted by Crippen LogP contribution is -2.44. The molecule has 6 heteroatoms. The van der Waals surface area contributed by atoms with Crippen LogP contribution in [0.15, 0.2) is 0 Å². The number of rotatable bonds is 4. The lowest BCUT2D eigenvalue weighted by molar-refractivity contribution is -0.235. The van der Waals surface area contributed by atoms with E-state index in [-0.39, 0.29) is 24.4 Å². The monoisotopic (exact) mass is 302 g/mol. The van der Waals surface area contributed by atoms with Crippen LogP contribution >= 0.6 is 0 Å². The van der Waals surface area contributed by atoms with Gasteiger partial charge in [-0.1, -0.05) is 6.92 Å². The second-order valence-corrected chi connectivity index (χ2v) is 6.77. The van der Waals surface area contributed by atoms with Crippen LogP contribution in [0.4, 0.5) is 0 Å². The van der Waals surface area contributed by atoms with E-state index in [9.17, 15) is 0 Å². The molecule has 21 heavy (non-hydrogen) atoms. The molecule has 0 saturated carbocycles. The molecule has 1 unspecified atom stereocenters. The van der Waals surface area contributed by atoms with Gasteiger partial charge in [-0.2, -0.15) is 0 Å². The van der Waals surface area contributed by atoms with Crippen LogP contribution in [0.25, 0.3) is 0 Å². The van der Waals surface area contributed by atoms with Crippen LogP contribution in [0.5, 0.6) is 0 Å². The summed E-state index contributed by atoms with van der Waals surface area (Å²) in [5, 5.41) is 0. The second-order valence-electron chi connectivity index (χ2n) is 6.77. The van der Waals surface area contributed by atoms with Crippen molar-refractivity contribution in [2.75, 3.05) is 13.2 Å². The van der Waals surface area contributed by atoms with Crippen molar-refractivity contribution >= 4 is 0 Å². The summed E-state index contributed by atoms with van der Waals surface area (Å²) < 4.78 is 35.3. The fourth-order valence-corrected chi connectivity index (χ4v) is 3.12. The summed E-state index contributed by atoms with van der Waals surface area (Å²) in [5.41, 5.74) is 0. The van der Waals surface area contributed by atoms with Crippen LogP contribution in [0, 0.1) is 0 Å². The first kappa shape index (κ1) is 15.6. The smallest absolute Gasteiger partial charge is 0.190 e. The number of hydrogen-bond donors (Lipinski definition) is 0. The molecule has 0 aromatic rings. The Kier molecular flexibility index (Phi) is 4.05. The molecule has 0 amide bonds. The van der Waals surface area contributed by atoms with E-state index in [0.29, 0.717) is 13.2 Å². The maximum Gasteiger partial charge on any atom is 0.190 e. The van der Waals surface area contributed by atoms with Crippen molar-refractivity contribution in [3.63, 3.8) is 0 Å². The molecule has 122 valence electrons. The van der Waals surface area contributed by atoms with Crippen LogP contribution in [0.1, 0.15) is 41.0 Å². The minimum absolute atomic E-state index is 0.164. The maximum absolute atomic E-state index is 6.03. The summed E-state index contributed by atoms with van der Waals surface area (Å²) in [6.07, 6.45) is -0.271. The van der Waals surface area contributed by atoms with Crippen molar-refractivity contribution in [2.24, 2.45) is 0 Å². The molecule has 0 spiro atoms. The molecule has 5 atom stereocenters. The highest BCUT2D eigenvalue weighted by molar-refractivity contribution is 4.98. The van der Waals surface area contributed by atoms with Gasteiger partial charge in [0.1, 0.15) is 24.4 Å². The molecule has 0 N–H and O–H groups in total. The summed E-state index contributed by atoms with van der Waals surface area (Å²) in [6.45, 7) is 10.8. The quantitative estimate of drug-likeness (QED) is 0.789. The molecule has 0 aromatic heterocycles. The summed E-state index contributed by atoms with van der Waals surface area (Å²) in [7, 11) is 0. The van der Waals surface area contributed by atoms with E-state index in [4.69, 9.17) is 28.4 Å². The minimum Gasteiger partial charge on any atom is -0.372 e. The Hall–Kier alpha value is -0.240. The minimum atomic E-state index is -0.638. The third kappa shape index (κ3) is 3.11. The molecule has 3 aliphatic rings. The number of ether oxygens (including phenoxy) is 6. The van der Waals surface area contributed by atoms with E-state index >= 15 is 0 Å². The molecule has 3 fully saturated rings. The van der Waals surface area contributed by atoms with Crippen molar-refractivity contribution in [3.8, 4) is 0 Å². The van der Waals surface area contributed by atoms with Crippen LogP contribution in [0.2, 0.25) is 0 Å². The van der Waals surface area contributed by atoms with Gasteiger partial charge in [-0.3, -0.25) is 0 Å². The van der Waals surface area contributed by atoms with Crippen molar-refractivity contribution < 1.29 is 28.4 Å². The van der Waals surface area contributed by atoms with Gasteiger partial charge in [0, 0.05) is 6.61 Å². The van der Waals surface area contributed by atoms with E-state index in [1.54, 1.807) is 0 Å². The third-order valence-corrected chi connectivity index (χ3v) is 3.94. The van der Waals surface area contributed by atoms with E-state index < -0.39 is 17.9 Å². The molecular formula is C15H26O6. The largest absolute Gasteiger partial charge is 0.372 e. The average molecular weight is 302 g/mol. The molecule has 0 bridgehead atoms. The lowest BCUT2D eigenvalue weighted by atomic mass is 10.1. The molecule has 6 nitrogen and oxygen atoms in total. The summed E-state index contributed by atoms with van der Waals surface area (Å²) in [6, 6.07) is 0. The molecular weight excluding hydrogens is 276 g/mol. The van der Waals surface area contributed by atoms with Gasteiger partial charge in [0.05, 0.1) is 6.61 Å². The van der Waals surface area contributed by atoms with Crippen molar-refractivity contribution in [2.45, 2.75) is 83.3 Å². The second kappa shape index (κ2) is 5.44. The lowest BCUT2D eigenvalue weighted by Gasteiger charge is -2.29. The van der Waals surface area contributed by atoms with Gasteiger partial charge in [0.25, 0.3) is 0 Å². The number of hydrogen-bond acceptors (Lipinski definition) is 6. The predicted molar refractivity (Wildman–Crippen MR) is 73.6 cm³/mol. The summed E-state index contributed by atoms with van der Waals surface area (Å²) in [4.78, 5) is 0. The van der Waals surface area contributed by atoms with Crippen molar-refractivity contribution in [3.05, 3.63) is 0 Å². The van der Waals surface area contributed by atoms with Gasteiger partial charge in [0.15, 0.2) is 17.9 Å². The van der Waals surface area contributed by atoms with Gasteiger partial charge in [-0.25, -0.2) is 0 Å². The standard InChI is InChI=1S/C15H26O6/c1-6-7-16-11-10(9-8-17-14(2,3)19-9)18-13-12(11)20-15(4,5)21-13/h9-13H,6-8H2,1-5H3/t9?,10-,11+,12-,13-/m1/s1. The van der Waals surface area contributed by atoms with Crippen LogP contribution in [0.3, 0.4) is 0 Å². The zero-order chi connectivity index (χ0) is 15.3. The Morgan fingerprint density at radius 2 is 1.76 bits per heavy atom. The van der Waals surface area contributed by atoms with Crippen LogP contribution in [-0.4, -0.2) is 55.5 Å². The zero-order valence-corrected chi connectivity index (χ0v) is 13.5. The Morgan fingerprint density at radius 3 is 2.38 bits per heavy atom. The molecule has 0 radical (unpaired) electrons. The van der Waals surface area contributed by atoms with Gasteiger partial charge in [-0.05, 0) is 34.1 Å². The average Bonchev–Trinajstić information content (AvgIpc) is 2.96. The van der Waals surface area contributed by atoms with Gasteiger partial charge in [-0.15, -0.1) is 0 Å². The Morgan fingerprint density at radius 1 is 1.00 bits per heavy atom. The fourth-order valence-electron chi connectivity index (χ4n) is 3.12. The molecule has 3 saturated heterocycles. The van der Waals surface area contributed by atoms with Gasteiger partial charge in [0.2, 0.25) is 0 Å². The van der Waals surface area contributed by atoms with Gasteiger partial charge >= 0.3 is 0 Å². The van der Waals surface area contributed by atoms with Crippen molar-refractivity contribution in [1.82, 2.24) is 0 Å². The van der Waals surface area contributed by atoms with E-state index in [0.717, 1.165) is 6.42 Å². The topological polar surface area (TPSA) is 55.4 Å². The van der Waals surface area contributed by atoms with E-state index in [1.807, 2.05) is 27.7 Å². The van der Waals surface area contributed by atoms with Gasteiger partial charge < -0.3 is 28.4 Å². The Balaban J connectivity index is 1.72. The first-order chi connectivity index (χ1) is 9.81. The number of fused-ring (bicyclic) bond motifs is 1.